The lowest BCUT2D eigenvalue weighted by atomic mass is 9.79. The number of nitrogens with two attached hydrogens (primary N) is 1. The molecule has 3 heterocycles. The van der Waals surface area contributed by atoms with Crippen LogP contribution in [0.3, 0.4) is 0 Å². The van der Waals surface area contributed by atoms with Gasteiger partial charge in [-0.05, 0) is 19.3 Å². The SMILES string of the molecule is CC(C)[C@H](N)C(=O)N[C@@H]1OCC[C@H]1SC1=C(C(=O)O)N2C(=O)[C@H]([C@@H](C)O)[C@H]2[C@H]1C. The molecule has 10 heteroatoms. The van der Waals surface area contributed by atoms with Crippen LogP contribution in [0.2, 0.25) is 0 Å². The molecule has 2 fully saturated rings. The number of hydrogen-bond donors (Lipinski definition) is 4. The number of aliphatic hydroxyl groups is 1. The van der Waals surface area contributed by atoms with Crippen LogP contribution in [0.1, 0.15) is 34.1 Å². The van der Waals surface area contributed by atoms with Crippen LogP contribution in [0.25, 0.3) is 0 Å². The Kier molecular flexibility index (Phi) is 6.28. The topological polar surface area (TPSA) is 142 Å². The van der Waals surface area contributed by atoms with Crippen molar-refractivity contribution in [3.05, 3.63) is 10.6 Å². The van der Waals surface area contributed by atoms with Crippen molar-refractivity contribution in [1.82, 2.24) is 10.2 Å². The van der Waals surface area contributed by atoms with Gasteiger partial charge in [-0.3, -0.25) is 9.59 Å². The number of aliphatic hydroxyl groups excluding tert-OH is 1. The number of rotatable bonds is 7. The molecule has 0 aromatic rings. The van der Waals surface area contributed by atoms with Gasteiger partial charge < -0.3 is 30.9 Å². The number of carbonyl (C=O) groups is 3. The summed E-state index contributed by atoms with van der Waals surface area (Å²) >= 11 is 1.34. The zero-order valence-corrected chi connectivity index (χ0v) is 17.8. The Morgan fingerprint density at radius 1 is 1.34 bits per heavy atom. The lowest BCUT2D eigenvalue weighted by Crippen LogP contribution is -2.63. The van der Waals surface area contributed by atoms with Gasteiger partial charge in [-0.1, -0.05) is 20.8 Å². The molecule has 0 aliphatic carbocycles. The summed E-state index contributed by atoms with van der Waals surface area (Å²) in [5.74, 6) is -2.68. The van der Waals surface area contributed by atoms with Gasteiger partial charge in [0.25, 0.3) is 0 Å². The molecule has 5 N–H and O–H groups in total. The molecule has 0 unspecified atom stereocenters. The van der Waals surface area contributed by atoms with Crippen molar-refractivity contribution < 1.29 is 29.3 Å². The van der Waals surface area contributed by atoms with Crippen molar-refractivity contribution in [2.75, 3.05) is 6.61 Å². The fraction of sp³-hybridized carbons (Fsp3) is 0.737. The van der Waals surface area contributed by atoms with E-state index in [-0.39, 0.29) is 40.6 Å². The number of aliphatic carboxylic acids is 1. The van der Waals surface area contributed by atoms with Crippen molar-refractivity contribution >= 4 is 29.5 Å². The molecule has 0 spiro atoms. The zero-order valence-electron chi connectivity index (χ0n) is 17.0. The maximum Gasteiger partial charge on any atom is 0.353 e. The van der Waals surface area contributed by atoms with E-state index in [1.54, 1.807) is 6.92 Å². The summed E-state index contributed by atoms with van der Waals surface area (Å²) in [4.78, 5) is 38.6. The highest BCUT2D eigenvalue weighted by molar-refractivity contribution is 8.03. The van der Waals surface area contributed by atoms with Gasteiger partial charge in [-0.2, -0.15) is 0 Å². The van der Waals surface area contributed by atoms with Crippen molar-refractivity contribution in [3.63, 3.8) is 0 Å². The van der Waals surface area contributed by atoms with E-state index in [2.05, 4.69) is 5.32 Å². The van der Waals surface area contributed by atoms with Gasteiger partial charge >= 0.3 is 5.97 Å². The standard InChI is InChI=1S/C19H29N3O6S/c1-7(2)12(20)16(24)21-17-10(5-6-28-17)29-15-8(3)13-11(9(4)23)18(25)22(13)14(15)19(26)27/h7-13,17,23H,5-6,20H2,1-4H3,(H,21,24)(H,26,27)/t8-,9-,10-,11-,12+,13-,17-/m1/s1. The van der Waals surface area contributed by atoms with Gasteiger partial charge in [0.2, 0.25) is 11.8 Å². The number of ether oxygens (including phenoxy) is 1. The molecule has 2 amide bonds. The number of β-lactam (4-membered cyclic amide) rings is 1. The second kappa shape index (κ2) is 8.25. The number of nitrogens with zero attached hydrogens (tertiary/aromatic N) is 1. The third-order valence-electron chi connectivity index (χ3n) is 5.93. The zero-order chi connectivity index (χ0) is 21.6. The van der Waals surface area contributed by atoms with E-state index < -0.39 is 30.3 Å². The van der Waals surface area contributed by atoms with Gasteiger partial charge in [0.05, 0.1) is 36.0 Å². The Hall–Kier alpha value is -1.62. The molecule has 29 heavy (non-hydrogen) atoms. The molecule has 0 radical (unpaired) electrons. The van der Waals surface area contributed by atoms with Crippen molar-refractivity contribution in [2.45, 2.75) is 63.8 Å². The first-order valence-corrected chi connectivity index (χ1v) is 10.8. The number of carbonyl (C=O) groups excluding carboxylic acids is 2. The number of amides is 2. The van der Waals surface area contributed by atoms with Gasteiger partial charge in [0, 0.05) is 10.8 Å². The predicted molar refractivity (Wildman–Crippen MR) is 106 cm³/mol. The highest BCUT2D eigenvalue weighted by Crippen LogP contribution is 2.52. The molecule has 0 aromatic heterocycles. The minimum atomic E-state index is -1.17. The average Bonchev–Trinajstić information content (AvgIpc) is 3.15. The fourth-order valence-corrected chi connectivity index (χ4v) is 5.67. The number of fused-ring (bicyclic) bond motifs is 1. The summed E-state index contributed by atoms with van der Waals surface area (Å²) in [7, 11) is 0. The Bertz CT molecular complexity index is 739. The third kappa shape index (κ3) is 3.78. The lowest BCUT2D eigenvalue weighted by Gasteiger charge is -2.46. The van der Waals surface area contributed by atoms with Gasteiger partial charge in [0.15, 0.2) is 0 Å². The first-order chi connectivity index (χ1) is 13.6. The summed E-state index contributed by atoms with van der Waals surface area (Å²) in [5, 5.41) is 22.3. The number of carboxylic acids is 1. The minimum Gasteiger partial charge on any atom is -0.477 e. The first kappa shape index (κ1) is 22.1. The van der Waals surface area contributed by atoms with Crippen LogP contribution in [-0.2, 0) is 19.1 Å². The smallest absolute Gasteiger partial charge is 0.353 e. The molecule has 9 nitrogen and oxygen atoms in total. The van der Waals surface area contributed by atoms with Crippen LogP contribution < -0.4 is 11.1 Å². The highest BCUT2D eigenvalue weighted by atomic mass is 32.2. The van der Waals surface area contributed by atoms with Gasteiger partial charge in [-0.15, -0.1) is 11.8 Å². The molecule has 3 aliphatic heterocycles. The van der Waals surface area contributed by atoms with Crippen molar-refractivity contribution in [3.8, 4) is 0 Å². The summed E-state index contributed by atoms with van der Waals surface area (Å²) in [6, 6.07) is -1.02. The second-order valence-electron chi connectivity index (χ2n) is 8.29. The normalized spacial score (nSPS) is 33.6. The number of thioether (sulfide) groups is 1. The predicted octanol–water partition coefficient (Wildman–Crippen LogP) is 0.0878. The third-order valence-corrected chi connectivity index (χ3v) is 7.54. The molecular formula is C19H29N3O6S. The molecule has 0 saturated carbocycles. The lowest BCUT2D eigenvalue weighted by molar-refractivity contribution is -0.163. The minimum absolute atomic E-state index is 0.0227. The van der Waals surface area contributed by atoms with Crippen LogP contribution in [0.15, 0.2) is 10.6 Å². The van der Waals surface area contributed by atoms with E-state index in [0.29, 0.717) is 17.9 Å². The quantitative estimate of drug-likeness (QED) is 0.419. The Balaban J connectivity index is 1.78. The number of carboxylic acid groups (broad SMARTS) is 1. The molecule has 0 aromatic carbocycles. The Labute approximate surface area is 174 Å². The largest absolute Gasteiger partial charge is 0.477 e. The van der Waals surface area contributed by atoms with Crippen LogP contribution in [0.5, 0.6) is 0 Å². The molecule has 3 aliphatic rings. The van der Waals surface area contributed by atoms with Crippen LogP contribution in [0.4, 0.5) is 0 Å². The van der Waals surface area contributed by atoms with E-state index in [9.17, 15) is 24.6 Å². The summed E-state index contributed by atoms with van der Waals surface area (Å²) in [6.07, 6.45) is -0.790. The van der Waals surface area contributed by atoms with Gasteiger partial charge in [0.1, 0.15) is 11.9 Å². The molecule has 2 saturated heterocycles. The fourth-order valence-electron chi connectivity index (χ4n) is 4.21. The Morgan fingerprint density at radius 3 is 2.55 bits per heavy atom. The highest BCUT2D eigenvalue weighted by Gasteiger charge is 2.60. The summed E-state index contributed by atoms with van der Waals surface area (Å²) < 4.78 is 5.66. The Morgan fingerprint density at radius 2 is 2.00 bits per heavy atom. The van der Waals surface area contributed by atoms with Crippen LogP contribution >= 0.6 is 11.8 Å². The second-order valence-corrected chi connectivity index (χ2v) is 9.57. The van der Waals surface area contributed by atoms with Crippen molar-refractivity contribution in [2.24, 2.45) is 23.5 Å². The molecule has 0 bridgehead atoms. The molecular weight excluding hydrogens is 398 g/mol. The number of nitrogens with one attached hydrogen (secondary N) is 1. The average molecular weight is 428 g/mol. The molecule has 162 valence electrons. The van der Waals surface area contributed by atoms with Crippen LogP contribution in [0, 0.1) is 17.8 Å². The van der Waals surface area contributed by atoms with E-state index >= 15 is 0 Å². The van der Waals surface area contributed by atoms with E-state index in [1.807, 2.05) is 20.8 Å². The first-order valence-electron chi connectivity index (χ1n) is 9.89. The van der Waals surface area contributed by atoms with E-state index in [1.165, 1.54) is 16.7 Å². The monoisotopic (exact) mass is 427 g/mol. The molecule has 3 rings (SSSR count). The van der Waals surface area contributed by atoms with Gasteiger partial charge in [-0.25, -0.2) is 4.79 Å². The maximum absolute atomic E-state index is 12.4. The van der Waals surface area contributed by atoms with E-state index in [0.717, 1.165) is 0 Å². The summed E-state index contributed by atoms with van der Waals surface area (Å²) in [5.41, 5.74) is 5.88. The maximum atomic E-state index is 12.4. The van der Waals surface area contributed by atoms with E-state index in [4.69, 9.17) is 10.5 Å². The van der Waals surface area contributed by atoms with Crippen LogP contribution in [-0.4, -0.2) is 69.2 Å². The van der Waals surface area contributed by atoms with Crippen molar-refractivity contribution in [1.29, 1.82) is 0 Å². The number of hydrogen-bond acceptors (Lipinski definition) is 7. The summed E-state index contributed by atoms with van der Waals surface area (Å²) in [6.45, 7) is 7.57. The molecule has 7 atom stereocenters.